The Kier molecular flexibility index (Phi) is 4.66. The number of halogens is 1. The summed E-state index contributed by atoms with van der Waals surface area (Å²) in [5.74, 6) is 0.656. The summed E-state index contributed by atoms with van der Waals surface area (Å²) in [6, 6.07) is 3.18. The van der Waals surface area contributed by atoms with Crippen molar-refractivity contribution in [2.75, 3.05) is 14.2 Å². The summed E-state index contributed by atoms with van der Waals surface area (Å²) >= 11 is 6.19. The lowest BCUT2D eigenvalue weighted by atomic mass is 9.92. The number of hydrogen-bond acceptors (Lipinski definition) is 4. The average molecular weight is 350 g/mol. The summed E-state index contributed by atoms with van der Waals surface area (Å²) in [5, 5.41) is 7.71. The van der Waals surface area contributed by atoms with Crippen molar-refractivity contribution in [2.24, 2.45) is 7.05 Å². The number of fused-ring (bicyclic) bond motifs is 1. The molecule has 0 fully saturated rings. The number of methoxy groups -OCH3 is 2. The van der Waals surface area contributed by atoms with Crippen molar-refractivity contribution >= 4 is 17.5 Å². The highest BCUT2D eigenvalue weighted by Gasteiger charge is 2.25. The molecule has 1 aliphatic carbocycles. The number of hydrogen-bond donors (Lipinski definition) is 1. The van der Waals surface area contributed by atoms with E-state index in [4.69, 9.17) is 21.1 Å². The molecule has 1 aromatic heterocycles. The summed E-state index contributed by atoms with van der Waals surface area (Å²) in [6.07, 6.45) is 4.73. The maximum absolute atomic E-state index is 12.7. The smallest absolute Gasteiger partial charge is 0.251 e. The molecule has 0 spiro atoms. The Morgan fingerprint density at radius 3 is 2.88 bits per heavy atom. The standard InChI is InChI=1S/C17H20ClN3O3/c1-21-14-6-4-5-13(11(14)9-19-21)20-17(22)10-7-12(18)16(24-3)15(8-10)23-2/h7-9,13H,4-6H2,1-3H3,(H,20,22)/t13-/m0/s1. The maximum Gasteiger partial charge on any atom is 0.251 e. The monoisotopic (exact) mass is 349 g/mol. The van der Waals surface area contributed by atoms with Gasteiger partial charge in [-0.2, -0.15) is 5.10 Å². The molecule has 2 aromatic rings. The van der Waals surface area contributed by atoms with Crippen LogP contribution < -0.4 is 14.8 Å². The van der Waals surface area contributed by atoms with Gasteiger partial charge in [-0.25, -0.2) is 0 Å². The van der Waals surface area contributed by atoms with Crippen molar-refractivity contribution in [3.63, 3.8) is 0 Å². The van der Waals surface area contributed by atoms with E-state index < -0.39 is 0 Å². The number of carbonyl (C=O) groups is 1. The van der Waals surface area contributed by atoms with E-state index in [1.807, 2.05) is 17.9 Å². The molecule has 1 heterocycles. The molecular formula is C17H20ClN3O3. The fourth-order valence-electron chi connectivity index (χ4n) is 3.15. The first kappa shape index (κ1) is 16.6. The third-order valence-corrected chi connectivity index (χ3v) is 4.66. The first-order valence-corrected chi connectivity index (χ1v) is 8.16. The number of amides is 1. The van der Waals surface area contributed by atoms with Gasteiger partial charge in [-0.3, -0.25) is 9.48 Å². The Morgan fingerprint density at radius 1 is 1.38 bits per heavy atom. The third kappa shape index (κ3) is 2.94. The predicted octanol–water partition coefficient (Wildman–Crippen LogP) is 2.90. The van der Waals surface area contributed by atoms with Gasteiger partial charge in [0.05, 0.1) is 31.5 Å². The van der Waals surface area contributed by atoms with Gasteiger partial charge in [-0.15, -0.1) is 0 Å². The molecule has 1 atom stereocenters. The summed E-state index contributed by atoms with van der Waals surface area (Å²) in [7, 11) is 4.95. The van der Waals surface area contributed by atoms with E-state index in [0.29, 0.717) is 22.1 Å². The number of benzene rings is 1. The molecule has 6 nitrogen and oxygen atoms in total. The maximum atomic E-state index is 12.7. The number of nitrogens with zero attached hydrogens (tertiary/aromatic N) is 2. The minimum atomic E-state index is -0.195. The van der Waals surface area contributed by atoms with Crippen molar-refractivity contribution in [1.82, 2.24) is 15.1 Å². The molecule has 24 heavy (non-hydrogen) atoms. The topological polar surface area (TPSA) is 65.4 Å². The van der Waals surface area contributed by atoms with Crippen LogP contribution in [0.4, 0.5) is 0 Å². The average Bonchev–Trinajstić information content (AvgIpc) is 2.96. The van der Waals surface area contributed by atoms with Crippen LogP contribution in [0.1, 0.15) is 40.5 Å². The van der Waals surface area contributed by atoms with E-state index in [0.717, 1.165) is 24.8 Å². The molecule has 128 valence electrons. The van der Waals surface area contributed by atoms with Gasteiger partial charge < -0.3 is 14.8 Å². The van der Waals surface area contributed by atoms with E-state index in [2.05, 4.69) is 10.4 Å². The van der Waals surface area contributed by atoms with E-state index in [9.17, 15) is 4.79 Å². The predicted molar refractivity (Wildman–Crippen MR) is 90.9 cm³/mol. The number of nitrogens with one attached hydrogen (secondary N) is 1. The molecule has 0 radical (unpaired) electrons. The minimum absolute atomic E-state index is 0.0400. The van der Waals surface area contributed by atoms with Gasteiger partial charge in [0.1, 0.15) is 0 Å². The molecule has 0 saturated heterocycles. The second-order valence-electron chi connectivity index (χ2n) is 5.78. The fraction of sp³-hybridized carbons (Fsp3) is 0.412. The summed E-state index contributed by atoms with van der Waals surface area (Å²) in [4.78, 5) is 12.7. The zero-order valence-electron chi connectivity index (χ0n) is 13.9. The molecule has 1 aliphatic rings. The lowest BCUT2D eigenvalue weighted by Crippen LogP contribution is -2.31. The largest absolute Gasteiger partial charge is 0.493 e. The van der Waals surface area contributed by atoms with Crippen LogP contribution in [0.5, 0.6) is 11.5 Å². The first-order valence-electron chi connectivity index (χ1n) is 7.78. The van der Waals surface area contributed by atoms with Crippen LogP contribution in [0.3, 0.4) is 0 Å². The normalized spacial score (nSPS) is 16.4. The van der Waals surface area contributed by atoms with Gasteiger partial charge in [0.25, 0.3) is 5.91 Å². The molecule has 0 aliphatic heterocycles. The van der Waals surface area contributed by atoms with Crippen molar-refractivity contribution in [3.8, 4) is 11.5 Å². The minimum Gasteiger partial charge on any atom is -0.493 e. The number of aromatic nitrogens is 2. The SMILES string of the molecule is COc1cc(C(=O)N[C@H]2CCCc3c2cnn3C)cc(Cl)c1OC. The van der Waals surface area contributed by atoms with Crippen LogP contribution in [0.2, 0.25) is 5.02 Å². The van der Waals surface area contributed by atoms with Crippen LogP contribution in [0.15, 0.2) is 18.3 Å². The molecule has 0 unspecified atom stereocenters. The number of carbonyl (C=O) groups excluding carboxylic acids is 1. The molecule has 7 heteroatoms. The van der Waals surface area contributed by atoms with Gasteiger partial charge in [0.15, 0.2) is 11.5 Å². The van der Waals surface area contributed by atoms with Crippen molar-refractivity contribution in [1.29, 1.82) is 0 Å². The van der Waals surface area contributed by atoms with E-state index in [1.54, 1.807) is 12.1 Å². The Bertz CT molecular complexity index is 773. The van der Waals surface area contributed by atoms with Crippen molar-refractivity contribution in [2.45, 2.75) is 25.3 Å². The molecule has 0 saturated carbocycles. The van der Waals surface area contributed by atoms with E-state index >= 15 is 0 Å². The lowest BCUT2D eigenvalue weighted by Gasteiger charge is -2.24. The highest BCUT2D eigenvalue weighted by Crippen LogP contribution is 2.36. The highest BCUT2D eigenvalue weighted by molar-refractivity contribution is 6.32. The molecule has 0 bridgehead atoms. The summed E-state index contributed by atoms with van der Waals surface area (Å²) in [5.41, 5.74) is 2.70. The summed E-state index contributed by atoms with van der Waals surface area (Å²) < 4.78 is 12.3. The van der Waals surface area contributed by atoms with Crippen LogP contribution in [-0.2, 0) is 13.5 Å². The van der Waals surface area contributed by atoms with Gasteiger partial charge in [-0.1, -0.05) is 11.6 Å². The van der Waals surface area contributed by atoms with E-state index in [1.165, 1.54) is 19.9 Å². The van der Waals surface area contributed by atoms with Crippen LogP contribution in [-0.4, -0.2) is 29.9 Å². The first-order chi connectivity index (χ1) is 11.5. The van der Waals surface area contributed by atoms with Gasteiger partial charge in [0, 0.05) is 23.9 Å². The zero-order chi connectivity index (χ0) is 17.3. The lowest BCUT2D eigenvalue weighted by molar-refractivity contribution is 0.0932. The van der Waals surface area contributed by atoms with Crippen LogP contribution in [0, 0.1) is 0 Å². The molecular weight excluding hydrogens is 330 g/mol. The van der Waals surface area contributed by atoms with Crippen molar-refractivity contribution in [3.05, 3.63) is 40.2 Å². The Labute approximate surface area is 145 Å². The summed E-state index contributed by atoms with van der Waals surface area (Å²) in [6.45, 7) is 0. The highest BCUT2D eigenvalue weighted by atomic mass is 35.5. The van der Waals surface area contributed by atoms with Crippen molar-refractivity contribution < 1.29 is 14.3 Å². The second kappa shape index (κ2) is 6.73. The molecule has 3 rings (SSSR count). The molecule has 1 aromatic carbocycles. The van der Waals surface area contributed by atoms with Gasteiger partial charge in [-0.05, 0) is 31.4 Å². The second-order valence-corrected chi connectivity index (χ2v) is 6.19. The third-order valence-electron chi connectivity index (χ3n) is 4.38. The fourth-order valence-corrected chi connectivity index (χ4v) is 3.43. The zero-order valence-corrected chi connectivity index (χ0v) is 14.7. The number of aryl methyl sites for hydroxylation is 1. The van der Waals surface area contributed by atoms with Gasteiger partial charge >= 0.3 is 0 Å². The van der Waals surface area contributed by atoms with Crippen LogP contribution in [0.25, 0.3) is 0 Å². The molecule has 1 N–H and O–H groups in total. The van der Waals surface area contributed by atoms with Gasteiger partial charge in [0.2, 0.25) is 0 Å². The Balaban J connectivity index is 1.85. The Morgan fingerprint density at radius 2 is 2.17 bits per heavy atom. The number of ether oxygens (including phenoxy) is 2. The van der Waals surface area contributed by atoms with Crippen LogP contribution >= 0.6 is 11.6 Å². The quantitative estimate of drug-likeness (QED) is 0.921. The molecule has 1 amide bonds. The number of rotatable bonds is 4. The Hall–Kier alpha value is -2.21. The van der Waals surface area contributed by atoms with E-state index in [-0.39, 0.29) is 11.9 Å².